The van der Waals surface area contributed by atoms with Crippen molar-refractivity contribution in [3.8, 4) is 0 Å². The molecule has 0 amide bonds. The van der Waals surface area contributed by atoms with Gasteiger partial charge in [-0.25, -0.2) is 9.97 Å². The Balaban J connectivity index is 1.58. The minimum absolute atomic E-state index is 0.261. The van der Waals surface area contributed by atoms with Gasteiger partial charge in [0.25, 0.3) is 0 Å². The Morgan fingerprint density at radius 1 is 1.08 bits per heavy atom. The summed E-state index contributed by atoms with van der Waals surface area (Å²) < 4.78 is 5.52. The molecule has 0 unspecified atom stereocenters. The predicted molar refractivity (Wildman–Crippen MR) is 105 cm³/mol. The summed E-state index contributed by atoms with van der Waals surface area (Å²) in [7, 11) is 0. The van der Waals surface area contributed by atoms with Crippen LogP contribution in [0.5, 0.6) is 0 Å². The van der Waals surface area contributed by atoms with Crippen LogP contribution in [0.15, 0.2) is 54.9 Å². The molecule has 26 heavy (non-hydrogen) atoms. The second kappa shape index (κ2) is 7.99. The summed E-state index contributed by atoms with van der Waals surface area (Å²) in [6, 6.07) is 16.5. The van der Waals surface area contributed by atoms with Gasteiger partial charge in [0.05, 0.1) is 24.8 Å². The molecule has 0 radical (unpaired) electrons. The van der Waals surface area contributed by atoms with Gasteiger partial charge in [0.2, 0.25) is 0 Å². The molecule has 1 fully saturated rings. The number of fused-ring (bicyclic) bond motifs is 1. The number of anilines is 1. The number of nitrogens with zero attached hydrogens (tertiary/aromatic N) is 3. The minimum atomic E-state index is 0.261. The van der Waals surface area contributed by atoms with Crippen LogP contribution in [-0.2, 0) is 4.74 Å². The molecular formula is C20H21ClN4O. The summed E-state index contributed by atoms with van der Waals surface area (Å²) in [5.41, 5.74) is 2.14. The first-order chi connectivity index (χ1) is 12.8. The molecule has 0 aliphatic carbocycles. The van der Waals surface area contributed by atoms with E-state index in [1.54, 1.807) is 6.33 Å². The first kappa shape index (κ1) is 17.2. The molecule has 5 nitrogen and oxygen atoms in total. The van der Waals surface area contributed by atoms with Gasteiger partial charge in [-0.05, 0) is 23.8 Å². The van der Waals surface area contributed by atoms with Gasteiger partial charge in [-0.3, -0.25) is 4.90 Å². The van der Waals surface area contributed by atoms with Crippen molar-refractivity contribution < 1.29 is 4.74 Å². The molecule has 2 heterocycles. The van der Waals surface area contributed by atoms with Crippen LogP contribution in [0.4, 0.5) is 5.82 Å². The number of rotatable bonds is 5. The largest absolute Gasteiger partial charge is 0.379 e. The summed E-state index contributed by atoms with van der Waals surface area (Å²) in [6.45, 7) is 4.18. The van der Waals surface area contributed by atoms with Gasteiger partial charge in [-0.15, -0.1) is 0 Å². The highest BCUT2D eigenvalue weighted by Gasteiger charge is 2.22. The zero-order valence-electron chi connectivity index (χ0n) is 14.4. The molecule has 0 saturated carbocycles. The zero-order valence-corrected chi connectivity index (χ0v) is 15.2. The van der Waals surface area contributed by atoms with E-state index in [1.807, 2.05) is 18.2 Å². The Morgan fingerprint density at radius 2 is 1.88 bits per heavy atom. The van der Waals surface area contributed by atoms with Gasteiger partial charge in [-0.2, -0.15) is 0 Å². The summed E-state index contributed by atoms with van der Waals surface area (Å²) >= 11 is 6.08. The van der Waals surface area contributed by atoms with Crippen molar-refractivity contribution in [3.05, 3.63) is 65.4 Å². The van der Waals surface area contributed by atoms with Gasteiger partial charge in [0, 0.05) is 30.0 Å². The van der Waals surface area contributed by atoms with Crippen molar-refractivity contribution in [2.24, 2.45) is 0 Å². The van der Waals surface area contributed by atoms with E-state index in [0.717, 1.165) is 49.6 Å². The second-order valence-electron chi connectivity index (χ2n) is 6.34. The molecular weight excluding hydrogens is 348 g/mol. The van der Waals surface area contributed by atoms with E-state index >= 15 is 0 Å². The predicted octanol–water partition coefficient (Wildman–Crippen LogP) is 3.77. The van der Waals surface area contributed by atoms with Crippen LogP contribution in [0.1, 0.15) is 11.6 Å². The average molecular weight is 369 g/mol. The maximum Gasteiger partial charge on any atom is 0.137 e. The summed E-state index contributed by atoms with van der Waals surface area (Å²) in [5.74, 6) is 0.834. The number of hydrogen-bond donors (Lipinski definition) is 1. The fraction of sp³-hybridized carbons (Fsp3) is 0.300. The summed E-state index contributed by atoms with van der Waals surface area (Å²) in [6.07, 6.45) is 1.58. The molecule has 6 heteroatoms. The van der Waals surface area contributed by atoms with Crippen molar-refractivity contribution in [1.29, 1.82) is 0 Å². The highest BCUT2D eigenvalue weighted by Crippen LogP contribution is 2.26. The molecule has 0 spiro atoms. The molecule has 1 aliphatic rings. The Bertz CT molecular complexity index is 868. The lowest BCUT2D eigenvalue weighted by atomic mass is 10.0. The topological polar surface area (TPSA) is 50.3 Å². The standard InChI is InChI=1S/C20H21ClN4O/c21-16-6-7-17-18(12-16)23-14-24-20(17)22-13-19(15-4-2-1-3-5-15)25-8-10-26-11-9-25/h1-7,12,14,19H,8-11,13H2,(H,22,23,24)/t19-/m0/s1. The lowest BCUT2D eigenvalue weighted by Gasteiger charge is -2.35. The molecule has 1 N–H and O–H groups in total. The van der Waals surface area contributed by atoms with Crippen LogP contribution < -0.4 is 5.32 Å². The lowest BCUT2D eigenvalue weighted by Crippen LogP contribution is -2.41. The van der Waals surface area contributed by atoms with Gasteiger partial charge >= 0.3 is 0 Å². The molecule has 2 aromatic carbocycles. The molecule has 1 atom stereocenters. The Hall–Kier alpha value is -2.21. The number of aromatic nitrogens is 2. The fourth-order valence-electron chi connectivity index (χ4n) is 3.39. The normalized spacial score (nSPS) is 16.5. The monoisotopic (exact) mass is 368 g/mol. The van der Waals surface area contributed by atoms with Gasteiger partial charge in [0.1, 0.15) is 12.1 Å². The van der Waals surface area contributed by atoms with Gasteiger partial charge in [0.15, 0.2) is 0 Å². The molecule has 0 bridgehead atoms. The Labute approximate surface area is 158 Å². The van der Waals surface area contributed by atoms with Crippen LogP contribution in [0.3, 0.4) is 0 Å². The van der Waals surface area contributed by atoms with Gasteiger partial charge < -0.3 is 10.1 Å². The molecule has 1 saturated heterocycles. The van der Waals surface area contributed by atoms with Crippen molar-refractivity contribution in [3.63, 3.8) is 0 Å². The van der Waals surface area contributed by atoms with E-state index in [9.17, 15) is 0 Å². The van der Waals surface area contributed by atoms with Crippen molar-refractivity contribution >= 4 is 28.3 Å². The SMILES string of the molecule is Clc1ccc2c(NC[C@@H](c3ccccc3)N3CCOCC3)ncnc2c1. The van der Waals surface area contributed by atoms with Crippen LogP contribution >= 0.6 is 11.6 Å². The van der Waals surface area contributed by atoms with E-state index in [0.29, 0.717) is 5.02 Å². The van der Waals surface area contributed by atoms with E-state index in [1.165, 1.54) is 5.56 Å². The summed E-state index contributed by atoms with van der Waals surface area (Å²) in [4.78, 5) is 11.2. The molecule has 1 aromatic heterocycles. The Kier molecular flexibility index (Phi) is 5.29. The maximum absolute atomic E-state index is 6.08. The van der Waals surface area contributed by atoms with Crippen LogP contribution in [-0.4, -0.2) is 47.7 Å². The van der Waals surface area contributed by atoms with Crippen molar-refractivity contribution in [1.82, 2.24) is 14.9 Å². The second-order valence-corrected chi connectivity index (χ2v) is 6.78. The fourth-order valence-corrected chi connectivity index (χ4v) is 3.55. The van der Waals surface area contributed by atoms with Crippen LogP contribution in [0, 0.1) is 0 Å². The number of ether oxygens (including phenoxy) is 1. The molecule has 1 aliphatic heterocycles. The van der Waals surface area contributed by atoms with E-state index in [2.05, 4.69) is 50.5 Å². The van der Waals surface area contributed by atoms with Crippen LogP contribution in [0.2, 0.25) is 5.02 Å². The third-order valence-electron chi connectivity index (χ3n) is 4.73. The highest BCUT2D eigenvalue weighted by atomic mass is 35.5. The number of benzene rings is 2. The summed E-state index contributed by atoms with van der Waals surface area (Å²) in [5, 5.41) is 5.18. The van der Waals surface area contributed by atoms with Crippen molar-refractivity contribution in [2.45, 2.75) is 6.04 Å². The van der Waals surface area contributed by atoms with E-state index in [-0.39, 0.29) is 6.04 Å². The number of halogens is 1. The number of nitrogens with one attached hydrogen (secondary N) is 1. The van der Waals surface area contributed by atoms with E-state index < -0.39 is 0 Å². The quantitative estimate of drug-likeness (QED) is 0.743. The number of hydrogen-bond acceptors (Lipinski definition) is 5. The maximum atomic E-state index is 6.08. The first-order valence-electron chi connectivity index (χ1n) is 8.82. The Morgan fingerprint density at radius 3 is 2.69 bits per heavy atom. The first-order valence-corrected chi connectivity index (χ1v) is 9.20. The highest BCUT2D eigenvalue weighted by molar-refractivity contribution is 6.31. The third-order valence-corrected chi connectivity index (χ3v) is 4.97. The molecule has 134 valence electrons. The molecule has 3 aromatic rings. The average Bonchev–Trinajstić information content (AvgIpc) is 2.69. The number of morpholine rings is 1. The van der Waals surface area contributed by atoms with E-state index in [4.69, 9.17) is 16.3 Å². The molecule has 4 rings (SSSR count). The van der Waals surface area contributed by atoms with Crippen LogP contribution in [0.25, 0.3) is 10.9 Å². The minimum Gasteiger partial charge on any atom is -0.379 e. The van der Waals surface area contributed by atoms with Crippen molar-refractivity contribution in [2.75, 3.05) is 38.2 Å². The smallest absolute Gasteiger partial charge is 0.137 e. The zero-order chi connectivity index (χ0) is 17.8. The third kappa shape index (κ3) is 3.80. The lowest BCUT2D eigenvalue weighted by molar-refractivity contribution is 0.0187. The van der Waals surface area contributed by atoms with Gasteiger partial charge in [-0.1, -0.05) is 41.9 Å².